The monoisotopic (exact) mass is 235 g/mol. The van der Waals surface area contributed by atoms with E-state index in [4.69, 9.17) is 5.73 Å². The molecule has 0 bridgehead atoms. The van der Waals surface area contributed by atoms with E-state index in [0.29, 0.717) is 18.1 Å². The number of tetrazole rings is 1. The third-order valence-electron chi connectivity index (χ3n) is 2.40. The van der Waals surface area contributed by atoms with Crippen LogP contribution in [0.5, 0.6) is 0 Å². The molecule has 0 atom stereocenters. The lowest BCUT2D eigenvalue weighted by Crippen LogP contribution is -2.34. The number of hydrogen-bond donors (Lipinski definition) is 1. The van der Waals surface area contributed by atoms with Crippen LogP contribution < -0.4 is 10.6 Å². The summed E-state index contributed by atoms with van der Waals surface area (Å²) in [5.41, 5.74) is 6.29. The van der Waals surface area contributed by atoms with Gasteiger partial charge in [-0.05, 0) is 16.3 Å². The van der Waals surface area contributed by atoms with Crippen LogP contribution in [0.2, 0.25) is 0 Å². The van der Waals surface area contributed by atoms with Crippen molar-refractivity contribution < 1.29 is 0 Å². The number of rotatable bonds is 5. The average molecular weight is 235 g/mol. The van der Waals surface area contributed by atoms with Gasteiger partial charge in [-0.3, -0.25) is 4.98 Å². The molecule has 2 rings (SSSR count). The summed E-state index contributed by atoms with van der Waals surface area (Å²) in [6, 6.07) is 0. The average Bonchev–Trinajstić information content (AvgIpc) is 2.75. The van der Waals surface area contributed by atoms with Gasteiger partial charge in [0.15, 0.2) is 11.5 Å². The van der Waals surface area contributed by atoms with E-state index in [2.05, 4.69) is 39.3 Å². The van der Waals surface area contributed by atoms with Crippen LogP contribution in [-0.4, -0.2) is 44.7 Å². The highest BCUT2D eigenvalue weighted by Gasteiger charge is 2.13. The number of nitrogens with zero attached hydrogens (tertiary/aromatic N) is 6. The maximum atomic E-state index is 5.64. The molecule has 2 aromatic heterocycles. The predicted molar refractivity (Wildman–Crippen MR) is 64.7 cm³/mol. The summed E-state index contributed by atoms with van der Waals surface area (Å²) < 4.78 is 1.69. The van der Waals surface area contributed by atoms with E-state index in [1.807, 2.05) is 0 Å². The smallest absolute Gasteiger partial charge is 0.199 e. The fourth-order valence-corrected chi connectivity index (χ4v) is 1.77. The van der Waals surface area contributed by atoms with Gasteiger partial charge in [-0.2, -0.15) is 4.52 Å². The van der Waals surface area contributed by atoms with Crippen LogP contribution in [0.3, 0.4) is 0 Å². The first kappa shape index (κ1) is 11.7. The molecule has 0 aliphatic heterocycles. The van der Waals surface area contributed by atoms with Crippen molar-refractivity contribution in [3.63, 3.8) is 0 Å². The first-order valence-corrected chi connectivity index (χ1v) is 5.69. The van der Waals surface area contributed by atoms with Gasteiger partial charge in [-0.1, -0.05) is 13.8 Å². The predicted octanol–water partition coefficient (Wildman–Crippen LogP) is -0.0596. The molecule has 0 radical (unpaired) electrons. The van der Waals surface area contributed by atoms with E-state index < -0.39 is 0 Å². The third kappa shape index (κ3) is 2.50. The van der Waals surface area contributed by atoms with Crippen LogP contribution in [0.1, 0.15) is 13.8 Å². The molecule has 0 unspecified atom stereocenters. The van der Waals surface area contributed by atoms with Gasteiger partial charge in [-0.15, -0.1) is 5.10 Å². The third-order valence-corrected chi connectivity index (χ3v) is 2.40. The highest BCUT2D eigenvalue weighted by Crippen LogP contribution is 2.14. The van der Waals surface area contributed by atoms with Gasteiger partial charge < -0.3 is 10.6 Å². The zero-order chi connectivity index (χ0) is 12.3. The van der Waals surface area contributed by atoms with E-state index in [0.717, 1.165) is 18.9 Å². The van der Waals surface area contributed by atoms with Crippen molar-refractivity contribution in [3.8, 4) is 0 Å². The van der Waals surface area contributed by atoms with Gasteiger partial charge in [-0.25, -0.2) is 0 Å². The molecule has 0 saturated carbocycles. The minimum absolute atomic E-state index is 0.535. The Labute approximate surface area is 99.6 Å². The number of fused-ring (bicyclic) bond motifs is 1. The lowest BCUT2D eigenvalue weighted by molar-refractivity contribution is 0.599. The minimum Gasteiger partial charge on any atom is -0.354 e. The fraction of sp³-hybridized carbons (Fsp3) is 0.600. The molecule has 0 aliphatic rings. The maximum Gasteiger partial charge on any atom is 0.199 e. The van der Waals surface area contributed by atoms with Gasteiger partial charge in [0, 0.05) is 19.6 Å². The van der Waals surface area contributed by atoms with E-state index in [1.54, 1.807) is 16.9 Å². The highest BCUT2D eigenvalue weighted by atomic mass is 15.5. The molecule has 0 aliphatic carbocycles. The topological polar surface area (TPSA) is 85.2 Å². The zero-order valence-electron chi connectivity index (χ0n) is 10.1. The molecule has 0 aromatic carbocycles. The second-order valence-corrected chi connectivity index (χ2v) is 4.34. The van der Waals surface area contributed by atoms with Gasteiger partial charge in [0.25, 0.3) is 0 Å². The normalized spacial score (nSPS) is 11.3. The van der Waals surface area contributed by atoms with E-state index in [1.165, 1.54) is 0 Å². The second kappa shape index (κ2) is 5.05. The van der Waals surface area contributed by atoms with Crippen molar-refractivity contribution in [3.05, 3.63) is 12.4 Å². The van der Waals surface area contributed by atoms with Crippen LogP contribution >= 0.6 is 0 Å². The molecule has 0 saturated heterocycles. The molecule has 0 spiro atoms. The molecular formula is C10H17N7. The van der Waals surface area contributed by atoms with Gasteiger partial charge in [0.1, 0.15) is 0 Å². The van der Waals surface area contributed by atoms with E-state index in [9.17, 15) is 0 Å². The summed E-state index contributed by atoms with van der Waals surface area (Å²) in [5, 5.41) is 11.5. The van der Waals surface area contributed by atoms with Gasteiger partial charge >= 0.3 is 0 Å². The molecule has 2 heterocycles. The molecule has 0 amide bonds. The Morgan fingerprint density at radius 3 is 2.94 bits per heavy atom. The Bertz CT molecular complexity index is 478. The molecule has 2 aromatic rings. The van der Waals surface area contributed by atoms with Crippen molar-refractivity contribution in [1.29, 1.82) is 0 Å². The van der Waals surface area contributed by atoms with Crippen molar-refractivity contribution in [1.82, 2.24) is 25.0 Å². The summed E-state index contributed by atoms with van der Waals surface area (Å²) in [4.78, 5) is 6.30. The number of nitrogens with two attached hydrogens (primary N) is 1. The van der Waals surface area contributed by atoms with Gasteiger partial charge in [0.05, 0.1) is 12.4 Å². The van der Waals surface area contributed by atoms with Crippen molar-refractivity contribution in [2.75, 3.05) is 24.5 Å². The molecule has 17 heavy (non-hydrogen) atoms. The minimum atomic E-state index is 0.535. The Kier molecular flexibility index (Phi) is 3.48. The van der Waals surface area contributed by atoms with E-state index in [-0.39, 0.29) is 0 Å². The lowest BCUT2D eigenvalue weighted by atomic mass is 10.2. The Balaban J connectivity index is 2.36. The van der Waals surface area contributed by atoms with Crippen LogP contribution in [0.25, 0.3) is 5.65 Å². The largest absolute Gasteiger partial charge is 0.354 e. The Morgan fingerprint density at radius 1 is 1.41 bits per heavy atom. The molecule has 7 heteroatoms. The van der Waals surface area contributed by atoms with Crippen molar-refractivity contribution >= 4 is 11.5 Å². The van der Waals surface area contributed by atoms with Crippen LogP contribution in [0.4, 0.5) is 5.82 Å². The summed E-state index contributed by atoms with van der Waals surface area (Å²) in [5.74, 6) is 1.42. The molecular weight excluding hydrogens is 218 g/mol. The molecule has 7 nitrogen and oxygen atoms in total. The maximum absolute atomic E-state index is 5.64. The van der Waals surface area contributed by atoms with Crippen LogP contribution in [-0.2, 0) is 0 Å². The zero-order valence-corrected chi connectivity index (χ0v) is 10.1. The lowest BCUT2D eigenvalue weighted by Gasteiger charge is -2.25. The van der Waals surface area contributed by atoms with Crippen molar-refractivity contribution in [2.24, 2.45) is 11.7 Å². The summed E-state index contributed by atoms with van der Waals surface area (Å²) in [7, 11) is 0. The highest BCUT2D eigenvalue weighted by molar-refractivity contribution is 5.45. The Morgan fingerprint density at radius 2 is 2.24 bits per heavy atom. The number of hydrogen-bond acceptors (Lipinski definition) is 6. The molecule has 2 N–H and O–H groups in total. The van der Waals surface area contributed by atoms with Crippen molar-refractivity contribution in [2.45, 2.75) is 13.8 Å². The first-order valence-electron chi connectivity index (χ1n) is 5.69. The standard InChI is InChI=1S/C10H17N7/c1-8(2)7-16(4-3-11)10-6-12-5-9-13-14-15-17(9)10/h5-6,8H,3-4,7,11H2,1-2H3. The van der Waals surface area contributed by atoms with Crippen LogP contribution in [0, 0.1) is 5.92 Å². The SMILES string of the molecule is CC(C)CN(CCN)c1cncc2nnnn12. The quantitative estimate of drug-likeness (QED) is 0.781. The number of aromatic nitrogens is 5. The summed E-state index contributed by atoms with van der Waals surface area (Å²) >= 11 is 0. The second-order valence-electron chi connectivity index (χ2n) is 4.34. The number of anilines is 1. The molecule has 0 fully saturated rings. The Hall–Kier alpha value is -1.76. The van der Waals surface area contributed by atoms with E-state index >= 15 is 0 Å². The van der Waals surface area contributed by atoms with Gasteiger partial charge in [0.2, 0.25) is 0 Å². The molecule has 92 valence electrons. The summed E-state index contributed by atoms with van der Waals surface area (Å²) in [6.07, 6.45) is 3.40. The first-order chi connectivity index (χ1) is 8.22. The van der Waals surface area contributed by atoms with Crippen LogP contribution in [0.15, 0.2) is 12.4 Å². The fourth-order valence-electron chi connectivity index (χ4n) is 1.77. The summed E-state index contributed by atoms with van der Waals surface area (Å²) in [6.45, 7) is 6.58.